The van der Waals surface area contributed by atoms with Crippen molar-refractivity contribution in [3.8, 4) is 0 Å². The van der Waals surface area contributed by atoms with Crippen LogP contribution < -0.4 is 0 Å². The summed E-state index contributed by atoms with van der Waals surface area (Å²) in [7, 11) is -3.84. The predicted molar refractivity (Wildman–Crippen MR) is 63.5 cm³/mol. The fraction of sp³-hybridized carbons (Fsp3) is 0.400. The van der Waals surface area contributed by atoms with Gasteiger partial charge in [-0.15, -0.1) is 0 Å². The Morgan fingerprint density at radius 2 is 2.18 bits per heavy atom. The molecule has 1 fully saturated rings. The van der Waals surface area contributed by atoms with E-state index >= 15 is 0 Å². The monoisotopic (exact) mass is 323 g/mol. The summed E-state index contributed by atoms with van der Waals surface area (Å²) in [5.74, 6) is -0.791. The van der Waals surface area contributed by atoms with Gasteiger partial charge in [-0.3, -0.25) is 0 Å². The molecule has 1 aliphatic rings. The minimum absolute atomic E-state index is 0.0256. The first-order chi connectivity index (χ1) is 7.91. The molecule has 0 aliphatic carbocycles. The molecule has 1 aliphatic heterocycles. The van der Waals surface area contributed by atoms with E-state index in [1.54, 1.807) is 0 Å². The molecule has 1 atom stereocenters. The second kappa shape index (κ2) is 4.64. The van der Waals surface area contributed by atoms with Crippen molar-refractivity contribution < 1.29 is 17.9 Å². The molecule has 1 heterocycles. The molecule has 0 bridgehead atoms. The molecule has 7 heteroatoms. The summed E-state index contributed by atoms with van der Waals surface area (Å²) in [5.41, 5.74) is 0. The number of β-amino-alcohol motifs (C(OH)–C–C–N with tert-alkyl or cyclic N) is 1. The van der Waals surface area contributed by atoms with Crippen molar-refractivity contribution in [3.05, 3.63) is 28.5 Å². The Bertz CT molecular complexity index is 534. The van der Waals surface area contributed by atoms with E-state index in [0.717, 1.165) is 10.4 Å². The van der Waals surface area contributed by atoms with Crippen LogP contribution in [0, 0.1) is 5.82 Å². The number of hydrogen-bond acceptors (Lipinski definition) is 3. The molecule has 94 valence electrons. The van der Waals surface area contributed by atoms with Crippen LogP contribution in [0.1, 0.15) is 6.42 Å². The summed E-state index contributed by atoms with van der Waals surface area (Å²) in [6.45, 7) is 0.247. The van der Waals surface area contributed by atoms with Crippen LogP contribution in [0.5, 0.6) is 0 Å². The zero-order valence-corrected chi connectivity index (χ0v) is 11.2. The lowest BCUT2D eigenvalue weighted by Gasteiger charge is -2.16. The Kier molecular flexibility index (Phi) is 3.53. The molecular weight excluding hydrogens is 313 g/mol. The van der Waals surface area contributed by atoms with Crippen molar-refractivity contribution in [2.24, 2.45) is 0 Å². The van der Waals surface area contributed by atoms with Crippen molar-refractivity contribution in [2.45, 2.75) is 17.4 Å². The largest absolute Gasteiger partial charge is 0.392 e. The van der Waals surface area contributed by atoms with E-state index < -0.39 is 21.9 Å². The fourth-order valence-electron chi connectivity index (χ4n) is 1.75. The first-order valence-electron chi connectivity index (χ1n) is 5.04. The second-order valence-electron chi connectivity index (χ2n) is 3.88. The maximum atomic E-state index is 13.6. The molecule has 1 aromatic rings. The lowest BCUT2D eigenvalue weighted by Crippen LogP contribution is -2.30. The highest BCUT2D eigenvalue weighted by atomic mass is 79.9. The SMILES string of the molecule is O=S(=O)(c1ccc(Br)cc1F)N1CCC(O)C1. The average Bonchev–Trinajstić information content (AvgIpc) is 2.64. The third kappa shape index (κ3) is 2.52. The summed E-state index contributed by atoms with van der Waals surface area (Å²) < 4.78 is 39.3. The van der Waals surface area contributed by atoms with Crippen LogP contribution in [0.25, 0.3) is 0 Å². The predicted octanol–water partition coefficient (Wildman–Crippen LogP) is 1.34. The van der Waals surface area contributed by atoms with Gasteiger partial charge in [-0.05, 0) is 24.6 Å². The van der Waals surface area contributed by atoms with Gasteiger partial charge in [0, 0.05) is 17.6 Å². The Balaban J connectivity index is 2.38. The highest BCUT2D eigenvalue weighted by Crippen LogP contribution is 2.25. The molecule has 2 rings (SSSR count). The van der Waals surface area contributed by atoms with E-state index in [2.05, 4.69) is 15.9 Å². The van der Waals surface area contributed by atoms with Crippen LogP contribution in [0.4, 0.5) is 4.39 Å². The topological polar surface area (TPSA) is 57.6 Å². The molecule has 0 spiro atoms. The zero-order valence-electron chi connectivity index (χ0n) is 8.81. The molecular formula is C10H11BrFNO3S. The minimum Gasteiger partial charge on any atom is -0.392 e. The third-order valence-electron chi connectivity index (χ3n) is 2.64. The summed E-state index contributed by atoms with van der Waals surface area (Å²) in [4.78, 5) is -0.352. The first kappa shape index (κ1) is 12.9. The van der Waals surface area contributed by atoms with Gasteiger partial charge in [-0.1, -0.05) is 15.9 Å². The summed E-state index contributed by atoms with van der Waals surface area (Å²) in [5, 5.41) is 9.32. The van der Waals surface area contributed by atoms with Gasteiger partial charge in [0.1, 0.15) is 10.7 Å². The van der Waals surface area contributed by atoms with Crippen molar-refractivity contribution in [1.29, 1.82) is 0 Å². The van der Waals surface area contributed by atoms with Crippen LogP contribution in [0.3, 0.4) is 0 Å². The number of nitrogens with zero attached hydrogens (tertiary/aromatic N) is 1. The molecule has 0 amide bonds. The molecule has 1 aromatic carbocycles. The fourth-order valence-corrected chi connectivity index (χ4v) is 3.62. The molecule has 1 saturated heterocycles. The highest BCUT2D eigenvalue weighted by molar-refractivity contribution is 9.10. The molecule has 0 aromatic heterocycles. The van der Waals surface area contributed by atoms with Crippen LogP contribution in [0.15, 0.2) is 27.6 Å². The third-order valence-corrected chi connectivity index (χ3v) is 5.03. The summed E-state index contributed by atoms with van der Waals surface area (Å²) >= 11 is 3.07. The highest BCUT2D eigenvalue weighted by Gasteiger charge is 2.33. The second-order valence-corrected chi connectivity index (χ2v) is 6.70. The van der Waals surface area contributed by atoms with Gasteiger partial charge in [0.25, 0.3) is 0 Å². The van der Waals surface area contributed by atoms with E-state index in [0.29, 0.717) is 10.9 Å². The van der Waals surface area contributed by atoms with Crippen LogP contribution in [0.2, 0.25) is 0 Å². The van der Waals surface area contributed by atoms with Crippen LogP contribution in [-0.4, -0.2) is 37.0 Å². The van der Waals surface area contributed by atoms with Crippen molar-refractivity contribution in [3.63, 3.8) is 0 Å². The number of halogens is 2. The van der Waals surface area contributed by atoms with Crippen molar-refractivity contribution >= 4 is 26.0 Å². The van der Waals surface area contributed by atoms with Gasteiger partial charge in [-0.25, -0.2) is 12.8 Å². The van der Waals surface area contributed by atoms with Crippen molar-refractivity contribution in [2.75, 3.05) is 13.1 Å². The summed E-state index contributed by atoms with van der Waals surface area (Å²) in [6, 6.07) is 3.81. The normalized spacial score (nSPS) is 21.9. The van der Waals surface area contributed by atoms with Gasteiger partial charge in [-0.2, -0.15) is 4.31 Å². The van der Waals surface area contributed by atoms with Gasteiger partial charge < -0.3 is 5.11 Å². The van der Waals surface area contributed by atoms with Gasteiger partial charge >= 0.3 is 0 Å². The van der Waals surface area contributed by atoms with E-state index in [1.807, 2.05) is 0 Å². The maximum absolute atomic E-state index is 13.6. The minimum atomic E-state index is -3.84. The van der Waals surface area contributed by atoms with E-state index in [1.165, 1.54) is 12.1 Å². The van der Waals surface area contributed by atoms with E-state index in [-0.39, 0.29) is 18.0 Å². The molecule has 1 N–H and O–H groups in total. The van der Waals surface area contributed by atoms with E-state index in [4.69, 9.17) is 0 Å². The van der Waals surface area contributed by atoms with Gasteiger partial charge in [0.2, 0.25) is 10.0 Å². The van der Waals surface area contributed by atoms with Crippen LogP contribution >= 0.6 is 15.9 Å². The zero-order chi connectivity index (χ0) is 12.6. The average molecular weight is 324 g/mol. The molecule has 1 unspecified atom stereocenters. The molecule has 0 radical (unpaired) electrons. The number of rotatable bonds is 2. The Morgan fingerprint density at radius 3 is 2.71 bits per heavy atom. The lowest BCUT2D eigenvalue weighted by molar-refractivity contribution is 0.189. The van der Waals surface area contributed by atoms with E-state index in [9.17, 15) is 17.9 Å². The lowest BCUT2D eigenvalue weighted by atomic mass is 10.3. The molecule has 4 nitrogen and oxygen atoms in total. The maximum Gasteiger partial charge on any atom is 0.246 e. The first-order valence-corrected chi connectivity index (χ1v) is 7.28. The Morgan fingerprint density at radius 1 is 1.47 bits per heavy atom. The molecule has 0 saturated carbocycles. The number of aliphatic hydroxyl groups is 1. The number of sulfonamides is 1. The summed E-state index contributed by atoms with van der Waals surface area (Å²) in [6.07, 6.45) is -0.277. The van der Waals surface area contributed by atoms with Crippen molar-refractivity contribution in [1.82, 2.24) is 4.31 Å². The van der Waals surface area contributed by atoms with Gasteiger partial charge in [0.05, 0.1) is 6.10 Å². The van der Waals surface area contributed by atoms with Crippen LogP contribution in [-0.2, 0) is 10.0 Å². The standard InChI is InChI=1S/C10H11BrFNO3S/c11-7-1-2-10(9(12)5-7)17(15,16)13-4-3-8(14)6-13/h1-2,5,8,14H,3-4,6H2. The molecule has 17 heavy (non-hydrogen) atoms. The Hall–Kier alpha value is -0.500. The number of benzene rings is 1. The quantitative estimate of drug-likeness (QED) is 0.893. The number of aliphatic hydroxyl groups excluding tert-OH is 1. The van der Waals surface area contributed by atoms with Gasteiger partial charge in [0.15, 0.2) is 0 Å². The number of hydrogen-bond donors (Lipinski definition) is 1. The Labute approximate surface area is 107 Å². The smallest absolute Gasteiger partial charge is 0.246 e.